The van der Waals surface area contributed by atoms with Crippen molar-refractivity contribution in [2.45, 2.75) is 51.0 Å². The van der Waals surface area contributed by atoms with E-state index in [1.165, 1.54) is 50.6 Å². The van der Waals surface area contributed by atoms with Crippen molar-refractivity contribution in [3.63, 3.8) is 0 Å². The van der Waals surface area contributed by atoms with Crippen LogP contribution in [0.1, 0.15) is 44.9 Å². The van der Waals surface area contributed by atoms with Gasteiger partial charge in [0.2, 0.25) is 0 Å². The first-order valence-corrected chi connectivity index (χ1v) is 10.3. The van der Waals surface area contributed by atoms with Crippen molar-refractivity contribution in [2.75, 3.05) is 36.9 Å². The molecule has 5 aliphatic rings. The summed E-state index contributed by atoms with van der Waals surface area (Å²) >= 11 is 0. The quantitative estimate of drug-likeness (QED) is 0.860. The molecule has 2 heterocycles. The van der Waals surface area contributed by atoms with Gasteiger partial charge in [0.15, 0.2) is 0 Å². The summed E-state index contributed by atoms with van der Waals surface area (Å²) in [5.41, 5.74) is 1.89. The summed E-state index contributed by atoms with van der Waals surface area (Å²) in [4.78, 5) is 7.10. The second kappa shape index (κ2) is 6.15. The zero-order chi connectivity index (χ0) is 16.9. The molecule has 25 heavy (non-hydrogen) atoms. The Bertz CT molecular complexity index is 593. The first-order valence-electron chi connectivity index (χ1n) is 10.3. The van der Waals surface area contributed by atoms with Crippen LogP contribution in [0, 0.1) is 23.2 Å². The molecule has 2 N–H and O–H groups in total. The van der Waals surface area contributed by atoms with Crippen molar-refractivity contribution in [1.29, 1.82) is 0 Å². The Morgan fingerprint density at radius 2 is 1.88 bits per heavy atom. The van der Waals surface area contributed by atoms with Crippen molar-refractivity contribution in [3.05, 3.63) is 18.3 Å². The highest BCUT2D eigenvalue weighted by Crippen LogP contribution is 2.59. The van der Waals surface area contributed by atoms with Gasteiger partial charge in [-0.2, -0.15) is 0 Å². The van der Waals surface area contributed by atoms with Crippen LogP contribution in [0.2, 0.25) is 0 Å². The van der Waals surface area contributed by atoms with Crippen LogP contribution in [-0.2, 0) is 0 Å². The number of hydrogen-bond donors (Lipinski definition) is 2. The molecule has 6 rings (SSSR count). The van der Waals surface area contributed by atoms with Gasteiger partial charge in [0.05, 0.1) is 0 Å². The number of hydrogen-bond acceptors (Lipinski definition) is 4. The predicted octanol–water partition coefficient (Wildman–Crippen LogP) is 3.51. The molecule has 1 aromatic heterocycles. The molecule has 1 atom stereocenters. The highest BCUT2D eigenvalue weighted by molar-refractivity contribution is 5.54. The molecule has 4 bridgehead atoms. The maximum Gasteiger partial charge on any atom is 0.127 e. The van der Waals surface area contributed by atoms with Gasteiger partial charge in [-0.15, -0.1) is 0 Å². The van der Waals surface area contributed by atoms with Gasteiger partial charge < -0.3 is 15.5 Å². The lowest BCUT2D eigenvalue weighted by Gasteiger charge is -2.57. The van der Waals surface area contributed by atoms with Crippen LogP contribution in [0.25, 0.3) is 0 Å². The first kappa shape index (κ1) is 15.9. The van der Waals surface area contributed by atoms with Crippen LogP contribution < -0.4 is 15.5 Å². The molecule has 4 nitrogen and oxygen atoms in total. The minimum Gasteiger partial charge on any atom is -0.370 e. The van der Waals surface area contributed by atoms with Gasteiger partial charge in [0.25, 0.3) is 0 Å². The van der Waals surface area contributed by atoms with E-state index in [-0.39, 0.29) is 0 Å². The summed E-state index contributed by atoms with van der Waals surface area (Å²) in [5, 5.41) is 7.14. The molecule has 4 heteroatoms. The van der Waals surface area contributed by atoms with Gasteiger partial charge in [0, 0.05) is 43.6 Å². The average Bonchev–Trinajstić information content (AvgIpc) is 3.08. The fraction of sp³-hybridized carbons (Fsp3) is 0.762. The Kier molecular flexibility index (Phi) is 3.92. The number of nitrogens with one attached hydrogen (secondary N) is 2. The predicted molar refractivity (Wildman–Crippen MR) is 103 cm³/mol. The molecule has 136 valence electrons. The van der Waals surface area contributed by atoms with Gasteiger partial charge in [-0.1, -0.05) is 0 Å². The van der Waals surface area contributed by atoms with Crippen LogP contribution in [0.4, 0.5) is 11.5 Å². The lowest BCUT2D eigenvalue weighted by Crippen LogP contribution is -2.49. The minimum atomic E-state index is 0.567. The number of rotatable bonds is 5. The molecule has 0 radical (unpaired) electrons. The van der Waals surface area contributed by atoms with E-state index < -0.39 is 0 Å². The fourth-order valence-electron chi connectivity index (χ4n) is 6.73. The SMILES string of the molecule is CN[C@H]1CCN(c2ccnc(NCC34CC5CC(CC(C5)C3)C4)c2)C1. The molecular formula is C21H32N4. The summed E-state index contributed by atoms with van der Waals surface area (Å²) in [6, 6.07) is 5.04. The lowest BCUT2D eigenvalue weighted by atomic mass is 9.49. The van der Waals surface area contributed by atoms with Crippen LogP contribution in [0.5, 0.6) is 0 Å². The van der Waals surface area contributed by atoms with E-state index in [2.05, 4.69) is 39.7 Å². The average molecular weight is 341 g/mol. The van der Waals surface area contributed by atoms with Gasteiger partial charge in [-0.3, -0.25) is 0 Å². The number of anilines is 2. The number of aromatic nitrogens is 1. The zero-order valence-corrected chi connectivity index (χ0v) is 15.5. The molecule has 0 amide bonds. The van der Waals surface area contributed by atoms with Crippen molar-refractivity contribution < 1.29 is 0 Å². The van der Waals surface area contributed by atoms with E-state index in [0.717, 1.165) is 43.2 Å². The largest absolute Gasteiger partial charge is 0.370 e. The standard InChI is InChI=1S/C21H32N4/c1-22-18-3-5-25(13-18)19-2-4-23-20(9-19)24-14-21-10-15-6-16(11-21)8-17(7-15)12-21/h2,4,9,15-18,22H,3,5-8,10-14H2,1H3,(H,23,24)/t15?,16?,17?,18-,21?/m0/s1. The highest BCUT2D eigenvalue weighted by atomic mass is 15.2. The normalized spacial score (nSPS) is 39.2. The van der Waals surface area contributed by atoms with Crippen LogP contribution in [0.3, 0.4) is 0 Å². The molecule has 1 saturated heterocycles. The van der Waals surface area contributed by atoms with Crippen LogP contribution in [0.15, 0.2) is 18.3 Å². The molecule has 1 aliphatic heterocycles. The topological polar surface area (TPSA) is 40.2 Å². The second-order valence-corrected chi connectivity index (χ2v) is 9.39. The van der Waals surface area contributed by atoms with Crippen LogP contribution in [-0.4, -0.2) is 37.7 Å². The van der Waals surface area contributed by atoms with E-state index in [1.54, 1.807) is 0 Å². The minimum absolute atomic E-state index is 0.567. The molecule has 0 unspecified atom stereocenters. The monoisotopic (exact) mass is 340 g/mol. The van der Waals surface area contributed by atoms with Crippen molar-refractivity contribution in [3.8, 4) is 0 Å². The van der Waals surface area contributed by atoms with E-state index in [1.807, 2.05) is 6.20 Å². The molecule has 4 saturated carbocycles. The Morgan fingerprint density at radius 3 is 2.52 bits per heavy atom. The number of nitrogens with zero attached hydrogens (tertiary/aromatic N) is 2. The molecule has 0 aromatic carbocycles. The Balaban J connectivity index is 1.25. The molecule has 0 spiro atoms. The van der Waals surface area contributed by atoms with Gasteiger partial charge in [-0.25, -0.2) is 4.98 Å². The molecular weight excluding hydrogens is 308 g/mol. The summed E-state index contributed by atoms with van der Waals surface area (Å²) < 4.78 is 0. The van der Waals surface area contributed by atoms with E-state index in [0.29, 0.717) is 11.5 Å². The molecule has 1 aromatic rings. The third kappa shape index (κ3) is 3.03. The van der Waals surface area contributed by atoms with Gasteiger partial charge in [-0.05, 0) is 81.2 Å². The highest BCUT2D eigenvalue weighted by Gasteiger charge is 2.50. The van der Waals surface area contributed by atoms with E-state index in [9.17, 15) is 0 Å². The third-order valence-electron chi connectivity index (χ3n) is 7.51. The van der Waals surface area contributed by atoms with E-state index >= 15 is 0 Å². The summed E-state index contributed by atoms with van der Waals surface area (Å²) in [7, 11) is 2.07. The maximum atomic E-state index is 4.61. The Hall–Kier alpha value is -1.29. The fourth-order valence-corrected chi connectivity index (χ4v) is 6.73. The molecule has 5 fully saturated rings. The number of pyridine rings is 1. The number of likely N-dealkylation sites (N-methyl/N-ethyl adjacent to an activating group) is 1. The first-order chi connectivity index (χ1) is 12.2. The smallest absolute Gasteiger partial charge is 0.127 e. The zero-order valence-electron chi connectivity index (χ0n) is 15.5. The van der Waals surface area contributed by atoms with Gasteiger partial charge in [0.1, 0.15) is 5.82 Å². The van der Waals surface area contributed by atoms with Gasteiger partial charge >= 0.3 is 0 Å². The Morgan fingerprint density at radius 1 is 1.16 bits per heavy atom. The van der Waals surface area contributed by atoms with Crippen molar-refractivity contribution in [2.24, 2.45) is 23.2 Å². The summed E-state index contributed by atoms with van der Waals surface area (Å²) in [6.45, 7) is 3.38. The van der Waals surface area contributed by atoms with Crippen molar-refractivity contribution >= 4 is 11.5 Å². The Labute approximate surface area is 151 Å². The second-order valence-electron chi connectivity index (χ2n) is 9.39. The lowest BCUT2D eigenvalue weighted by molar-refractivity contribution is -0.0444. The molecule has 4 aliphatic carbocycles. The maximum absolute atomic E-state index is 4.61. The van der Waals surface area contributed by atoms with Crippen LogP contribution >= 0.6 is 0 Å². The van der Waals surface area contributed by atoms with Crippen molar-refractivity contribution in [1.82, 2.24) is 10.3 Å². The summed E-state index contributed by atoms with van der Waals surface area (Å²) in [6.07, 6.45) is 12.2. The third-order valence-corrected chi connectivity index (χ3v) is 7.51. The van der Waals surface area contributed by atoms with E-state index in [4.69, 9.17) is 0 Å². The summed E-state index contributed by atoms with van der Waals surface area (Å²) in [5.74, 6) is 4.14.